The van der Waals surface area contributed by atoms with Crippen LogP contribution in [0, 0.1) is 5.92 Å². The Morgan fingerprint density at radius 3 is 2.42 bits per heavy atom. The Morgan fingerprint density at radius 2 is 2.00 bits per heavy atom. The van der Waals surface area contributed by atoms with E-state index in [1.807, 2.05) is 0 Å². The average Bonchev–Trinajstić information content (AvgIpc) is 2.06. The molecule has 0 unspecified atom stereocenters. The zero-order valence-electron chi connectivity index (χ0n) is 8.76. The Kier molecular flexibility index (Phi) is 3.13. The van der Waals surface area contributed by atoms with Gasteiger partial charge >= 0.3 is 0 Å². The van der Waals surface area contributed by atoms with Crippen LogP contribution in [0.5, 0.6) is 0 Å². The van der Waals surface area contributed by atoms with Crippen LogP contribution in [-0.2, 0) is 4.74 Å². The van der Waals surface area contributed by atoms with Gasteiger partial charge in [0, 0.05) is 6.54 Å². The Bertz CT molecular complexity index is 143. The lowest BCUT2D eigenvalue weighted by molar-refractivity contribution is -0.166. The van der Waals surface area contributed by atoms with Gasteiger partial charge in [-0.25, -0.2) is 0 Å². The van der Waals surface area contributed by atoms with Crippen LogP contribution in [0.2, 0.25) is 0 Å². The summed E-state index contributed by atoms with van der Waals surface area (Å²) < 4.78 is 5.91. The number of nitrogens with zero attached hydrogens (tertiary/aromatic N) is 1. The summed E-state index contributed by atoms with van der Waals surface area (Å²) in [5, 5.41) is 0. The van der Waals surface area contributed by atoms with Gasteiger partial charge in [0.05, 0.1) is 12.3 Å². The number of hydrogen-bond donors (Lipinski definition) is 0. The van der Waals surface area contributed by atoms with Gasteiger partial charge in [0.2, 0.25) is 0 Å². The first-order valence-corrected chi connectivity index (χ1v) is 4.97. The van der Waals surface area contributed by atoms with Crippen LogP contribution in [0.15, 0.2) is 0 Å². The van der Waals surface area contributed by atoms with Crippen LogP contribution in [0.25, 0.3) is 0 Å². The topological polar surface area (TPSA) is 12.5 Å². The fourth-order valence-corrected chi connectivity index (χ4v) is 2.22. The second kappa shape index (κ2) is 3.75. The van der Waals surface area contributed by atoms with Gasteiger partial charge in [-0.1, -0.05) is 20.8 Å². The minimum atomic E-state index is 0.159. The second-order valence-electron chi connectivity index (χ2n) is 3.99. The molecule has 0 aliphatic carbocycles. The van der Waals surface area contributed by atoms with Gasteiger partial charge in [-0.3, -0.25) is 4.90 Å². The van der Waals surface area contributed by atoms with E-state index in [4.69, 9.17) is 4.74 Å². The van der Waals surface area contributed by atoms with Gasteiger partial charge in [0.1, 0.15) is 0 Å². The minimum Gasteiger partial charge on any atom is -0.359 e. The minimum absolute atomic E-state index is 0.159. The summed E-state index contributed by atoms with van der Waals surface area (Å²) in [4.78, 5) is 2.24. The Morgan fingerprint density at radius 1 is 1.42 bits per heavy atom. The molecule has 1 atom stereocenters. The summed E-state index contributed by atoms with van der Waals surface area (Å²) in [6.07, 6.45) is 2.27. The van der Waals surface area contributed by atoms with Crippen molar-refractivity contribution in [3.8, 4) is 0 Å². The summed E-state index contributed by atoms with van der Waals surface area (Å²) in [5.41, 5.74) is 0.159. The second-order valence-corrected chi connectivity index (χ2v) is 3.99. The van der Waals surface area contributed by atoms with E-state index < -0.39 is 0 Å². The lowest BCUT2D eigenvalue weighted by Gasteiger charge is -2.44. The van der Waals surface area contributed by atoms with Gasteiger partial charge in [0.15, 0.2) is 0 Å². The van der Waals surface area contributed by atoms with Crippen LogP contribution in [0.3, 0.4) is 0 Å². The van der Waals surface area contributed by atoms with Crippen molar-refractivity contribution in [2.24, 2.45) is 5.92 Å². The largest absolute Gasteiger partial charge is 0.359 e. The van der Waals surface area contributed by atoms with Crippen molar-refractivity contribution in [2.45, 2.75) is 39.2 Å². The van der Waals surface area contributed by atoms with Gasteiger partial charge in [-0.15, -0.1) is 0 Å². The summed E-state index contributed by atoms with van der Waals surface area (Å²) in [6, 6.07) is 0. The monoisotopic (exact) mass is 171 g/mol. The molecule has 1 saturated heterocycles. The molecule has 0 bridgehead atoms. The van der Waals surface area contributed by atoms with E-state index in [1.54, 1.807) is 0 Å². The van der Waals surface area contributed by atoms with Gasteiger partial charge in [0.25, 0.3) is 0 Å². The molecule has 1 fully saturated rings. The van der Waals surface area contributed by atoms with Crippen molar-refractivity contribution in [1.29, 1.82) is 0 Å². The first-order valence-electron chi connectivity index (χ1n) is 4.97. The molecule has 0 amide bonds. The molecule has 1 aliphatic rings. The SMILES string of the molecule is CCC1(CC)OCN(C)C[C@@H]1C. The van der Waals surface area contributed by atoms with Crippen LogP contribution in [0.4, 0.5) is 0 Å². The Balaban J connectivity index is 2.64. The van der Waals surface area contributed by atoms with Crippen LogP contribution in [-0.4, -0.2) is 30.8 Å². The van der Waals surface area contributed by atoms with Crippen molar-refractivity contribution in [2.75, 3.05) is 20.3 Å². The predicted octanol–water partition coefficient (Wildman–Crippen LogP) is 2.10. The van der Waals surface area contributed by atoms with Crippen molar-refractivity contribution in [3.05, 3.63) is 0 Å². The van der Waals surface area contributed by atoms with E-state index >= 15 is 0 Å². The molecule has 72 valence electrons. The Labute approximate surface area is 75.9 Å². The zero-order valence-corrected chi connectivity index (χ0v) is 8.76. The molecule has 12 heavy (non-hydrogen) atoms. The van der Waals surface area contributed by atoms with Gasteiger partial charge in [-0.2, -0.15) is 0 Å². The van der Waals surface area contributed by atoms with Crippen molar-refractivity contribution in [3.63, 3.8) is 0 Å². The maximum Gasteiger partial charge on any atom is 0.0995 e. The molecule has 2 heteroatoms. The third-order valence-corrected chi connectivity index (χ3v) is 3.25. The average molecular weight is 171 g/mol. The highest BCUT2D eigenvalue weighted by atomic mass is 16.5. The molecule has 1 rings (SSSR count). The summed E-state index contributed by atoms with van der Waals surface area (Å²) in [5.74, 6) is 0.659. The highest BCUT2D eigenvalue weighted by molar-refractivity contribution is 4.87. The molecule has 0 saturated carbocycles. The van der Waals surface area contributed by atoms with E-state index in [1.165, 1.54) is 6.54 Å². The Hall–Kier alpha value is -0.0800. The van der Waals surface area contributed by atoms with Crippen molar-refractivity contribution < 1.29 is 4.74 Å². The first-order chi connectivity index (χ1) is 5.64. The standard InChI is InChI=1S/C10H21NO/c1-5-10(6-2)9(3)7-11(4)8-12-10/h9H,5-8H2,1-4H3/t9-/m0/s1. The number of hydrogen-bond acceptors (Lipinski definition) is 2. The van der Waals surface area contributed by atoms with Crippen LogP contribution < -0.4 is 0 Å². The van der Waals surface area contributed by atoms with Crippen LogP contribution >= 0.6 is 0 Å². The molecule has 1 heterocycles. The fraction of sp³-hybridized carbons (Fsp3) is 1.00. The van der Waals surface area contributed by atoms with E-state index in [2.05, 4.69) is 32.7 Å². The third kappa shape index (κ3) is 1.64. The molecule has 0 spiro atoms. The first kappa shape index (κ1) is 10.0. The normalized spacial score (nSPS) is 30.5. The summed E-state index contributed by atoms with van der Waals surface area (Å²) in [6.45, 7) is 8.72. The molecule has 0 aromatic rings. The third-order valence-electron chi connectivity index (χ3n) is 3.25. The number of ether oxygens (including phenoxy) is 1. The lowest BCUT2D eigenvalue weighted by Crippen LogP contribution is -2.50. The molecular weight excluding hydrogens is 150 g/mol. The number of rotatable bonds is 2. The highest BCUT2D eigenvalue weighted by Gasteiger charge is 2.37. The molecule has 0 N–H and O–H groups in total. The summed E-state index contributed by atoms with van der Waals surface area (Å²) >= 11 is 0. The quantitative estimate of drug-likeness (QED) is 0.631. The molecular formula is C10H21NO. The van der Waals surface area contributed by atoms with E-state index in [-0.39, 0.29) is 5.60 Å². The van der Waals surface area contributed by atoms with E-state index in [0.717, 1.165) is 19.6 Å². The summed E-state index contributed by atoms with van der Waals surface area (Å²) in [7, 11) is 2.12. The smallest absolute Gasteiger partial charge is 0.0995 e. The fourth-order valence-electron chi connectivity index (χ4n) is 2.22. The maximum atomic E-state index is 5.91. The zero-order chi connectivity index (χ0) is 9.19. The van der Waals surface area contributed by atoms with E-state index in [0.29, 0.717) is 5.92 Å². The van der Waals surface area contributed by atoms with E-state index in [9.17, 15) is 0 Å². The van der Waals surface area contributed by atoms with Crippen LogP contribution in [0.1, 0.15) is 33.6 Å². The molecule has 1 aliphatic heterocycles. The lowest BCUT2D eigenvalue weighted by atomic mass is 9.82. The molecule has 0 aromatic heterocycles. The van der Waals surface area contributed by atoms with Crippen molar-refractivity contribution >= 4 is 0 Å². The maximum absolute atomic E-state index is 5.91. The van der Waals surface area contributed by atoms with Gasteiger partial charge in [-0.05, 0) is 25.8 Å². The highest BCUT2D eigenvalue weighted by Crippen LogP contribution is 2.33. The molecule has 2 nitrogen and oxygen atoms in total. The predicted molar refractivity (Wildman–Crippen MR) is 51.1 cm³/mol. The molecule has 0 aromatic carbocycles. The molecule has 0 radical (unpaired) electrons. The van der Waals surface area contributed by atoms with Crippen molar-refractivity contribution in [1.82, 2.24) is 4.90 Å². The van der Waals surface area contributed by atoms with Gasteiger partial charge < -0.3 is 4.74 Å².